The lowest BCUT2D eigenvalue weighted by Gasteiger charge is -2.19. The third-order valence-corrected chi connectivity index (χ3v) is 4.06. The normalized spacial score (nSPS) is 12.5. The standard InChI is InChI=1S/C21H17NO3/c23-21(16-10-11-19-20(14-16)25-13-12-24-19)22-18-9-5-4-8-17(18)15-6-2-1-3-7-15/h1-11,14H,12-13H2,(H,22,23). The quantitative estimate of drug-likeness (QED) is 0.775. The van der Waals surface area contributed by atoms with Gasteiger partial charge in [0.15, 0.2) is 11.5 Å². The molecule has 3 aromatic rings. The van der Waals surface area contributed by atoms with E-state index in [1.54, 1.807) is 18.2 Å². The van der Waals surface area contributed by atoms with Crippen molar-refractivity contribution in [1.29, 1.82) is 0 Å². The minimum atomic E-state index is -0.180. The smallest absolute Gasteiger partial charge is 0.255 e. The number of benzene rings is 3. The van der Waals surface area contributed by atoms with Gasteiger partial charge in [0, 0.05) is 16.8 Å². The van der Waals surface area contributed by atoms with E-state index >= 15 is 0 Å². The van der Waals surface area contributed by atoms with E-state index in [4.69, 9.17) is 9.47 Å². The molecule has 0 bridgehead atoms. The lowest BCUT2D eigenvalue weighted by molar-refractivity contribution is 0.102. The molecule has 0 aliphatic carbocycles. The number of ether oxygens (including phenoxy) is 2. The first-order chi connectivity index (χ1) is 12.3. The summed E-state index contributed by atoms with van der Waals surface area (Å²) in [7, 11) is 0. The summed E-state index contributed by atoms with van der Waals surface area (Å²) in [5, 5.41) is 3.00. The zero-order chi connectivity index (χ0) is 17.1. The van der Waals surface area contributed by atoms with Gasteiger partial charge in [0.1, 0.15) is 13.2 Å². The van der Waals surface area contributed by atoms with Gasteiger partial charge in [-0.25, -0.2) is 0 Å². The summed E-state index contributed by atoms with van der Waals surface area (Å²) in [6.45, 7) is 1.03. The maximum absolute atomic E-state index is 12.7. The van der Waals surface area contributed by atoms with Gasteiger partial charge in [0.05, 0.1) is 0 Å². The van der Waals surface area contributed by atoms with Crippen LogP contribution in [0.15, 0.2) is 72.8 Å². The van der Waals surface area contributed by atoms with E-state index < -0.39 is 0 Å². The van der Waals surface area contributed by atoms with Crippen molar-refractivity contribution in [2.45, 2.75) is 0 Å². The van der Waals surface area contributed by atoms with Gasteiger partial charge in [0.2, 0.25) is 0 Å². The summed E-state index contributed by atoms with van der Waals surface area (Å²) >= 11 is 0. The molecule has 3 aromatic carbocycles. The SMILES string of the molecule is O=C(Nc1ccccc1-c1ccccc1)c1ccc2c(c1)OCCO2. The Labute approximate surface area is 146 Å². The number of carbonyl (C=O) groups excluding carboxylic acids is 1. The van der Waals surface area contributed by atoms with E-state index in [-0.39, 0.29) is 5.91 Å². The molecule has 124 valence electrons. The van der Waals surface area contributed by atoms with Crippen LogP contribution in [0, 0.1) is 0 Å². The molecule has 1 aliphatic rings. The van der Waals surface area contributed by atoms with Gasteiger partial charge in [-0.2, -0.15) is 0 Å². The fraction of sp³-hybridized carbons (Fsp3) is 0.0952. The number of carbonyl (C=O) groups is 1. The van der Waals surface area contributed by atoms with Gasteiger partial charge < -0.3 is 14.8 Å². The predicted molar refractivity (Wildman–Crippen MR) is 97.3 cm³/mol. The van der Waals surface area contributed by atoms with Crippen LogP contribution in [0.4, 0.5) is 5.69 Å². The number of fused-ring (bicyclic) bond motifs is 1. The molecule has 1 N–H and O–H groups in total. The monoisotopic (exact) mass is 331 g/mol. The second-order valence-electron chi connectivity index (χ2n) is 5.72. The van der Waals surface area contributed by atoms with Gasteiger partial charge in [0.25, 0.3) is 5.91 Å². The van der Waals surface area contributed by atoms with Crippen LogP contribution in [0.25, 0.3) is 11.1 Å². The topological polar surface area (TPSA) is 47.6 Å². The number of hydrogen-bond donors (Lipinski definition) is 1. The van der Waals surface area contributed by atoms with E-state index in [0.717, 1.165) is 16.8 Å². The molecule has 1 amide bonds. The molecule has 25 heavy (non-hydrogen) atoms. The molecule has 0 saturated heterocycles. The average molecular weight is 331 g/mol. The van der Waals surface area contributed by atoms with E-state index in [9.17, 15) is 4.79 Å². The molecule has 1 aliphatic heterocycles. The fourth-order valence-corrected chi connectivity index (χ4v) is 2.84. The van der Waals surface area contributed by atoms with Gasteiger partial charge in [-0.1, -0.05) is 48.5 Å². The van der Waals surface area contributed by atoms with Crippen LogP contribution >= 0.6 is 0 Å². The second kappa shape index (κ2) is 6.69. The van der Waals surface area contributed by atoms with Crippen molar-refractivity contribution in [2.24, 2.45) is 0 Å². The Morgan fingerprint density at radius 3 is 2.36 bits per heavy atom. The van der Waals surface area contributed by atoms with Crippen molar-refractivity contribution in [3.8, 4) is 22.6 Å². The van der Waals surface area contributed by atoms with E-state index in [0.29, 0.717) is 30.3 Å². The first kappa shape index (κ1) is 15.3. The maximum Gasteiger partial charge on any atom is 0.255 e. The van der Waals surface area contributed by atoms with Crippen LogP contribution in [0.5, 0.6) is 11.5 Å². The van der Waals surface area contributed by atoms with E-state index in [1.807, 2.05) is 54.6 Å². The maximum atomic E-state index is 12.7. The van der Waals surface area contributed by atoms with Crippen molar-refractivity contribution >= 4 is 11.6 Å². The molecule has 4 rings (SSSR count). The molecule has 0 spiro atoms. The number of rotatable bonds is 3. The second-order valence-corrected chi connectivity index (χ2v) is 5.72. The zero-order valence-corrected chi connectivity index (χ0v) is 13.6. The summed E-state index contributed by atoms with van der Waals surface area (Å²) < 4.78 is 11.0. The van der Waals surface area contributed by atoms with Crippen LogP contribution in [0.3, 0.4) is 0 Å². The molecule has 0 radical (unpaired) electrons. The lowest BCUT2D eigenvalue weighted by atomic mass is 10.0. The summed E-state index contributed by atoms with van der Waals surface area (Å²) in [5.41, 5.74) is 3.34. The van der Waals surface area contributed by atoms with Crippen LogP contribution in [0.2, 0.25) is 0 Å². The Kier molecular flexibility index (Phi) is 4.09. The number of hydrogen-bond acceptors (Lipinski definition) is 3. The molecule has 0 aromatic heterocycles. The number of anilines is 1. The van der Waals surface area contributed by atoms with E-state index in [2.05, 4.69) is 5.32 Å². The van der Waals surface area contributed by atoms with Gasteiger partial charge >= 0.3 is 0 Å². The Bertz CT molecular complexity index is 906. The minimum absolute atomic E-state index is 0.180. The highest BCUT2D eigenvalue weighted by Crippen LogP contribution is 2.32. The fourth-order valence-electron chi connectivity index (χ4n) is 2.84. The highest BCUT2D eigenvalue weighted by molar-refractivity contribution is 6.06. The van der Waals surface area contributed by atoms with Crippen LogP contribution in [-0.4, -0.2) is 19.1 Å². The minimum Gasteiger partial charge on any atom is -0.486 e. The van der Waals surface area contributed by atoms with E-state index in [1.165, 1.54) is 0 Å². The third kappa shape index (κ3) is 3.19. The first-order valence-corrected chi connectivity index (χ1v) is 8.17. The van der Waals surface area contributed by atoms with Gasteiger partial charge in [-0.3, -0.25) is 4.79 Å². The molecule has 0 atom stereocenters. The summed E-state index contributed by atoms with van der Waals surface area (Å²) in [6, 6.07) is 23.0. The largest absolute Gasteiger partial charge is 0.486 e. The summed E-state index contributed by atoms with van der Waals surface area (Å²) in [4.78, 5) is 12.7. The molecular formula is C21H17NO3. The van der Waals surface area contributed by atoms with Crippen molar-refractivity contribution in [3.05, 3.63) is 78.4 Å². The van der Waals surface area contributed by atoms with Gasteiger partial charge in [-0.05, 0) is 29.8 Å². The molecule has 4 nitrogen and oxygen atoms in total. The number of nitrogens with one attached hydrogen (secondary N) is 1. The van der Waals surface area contributed by atoms with Crippen LogP contribution in [-0.2, 0) is 0 Å². The van der Waals surface area contributed by atoms with Gasteiger partial charge in [-0.15, -0.1) is 0 Å². The van der Waals surface area contributed by atoms with Crippen molar-refractivity contribution in [2.75, 3.05) is 18.5 Å². The Morgan fingerprint density at radius 1 is 0.800 bits per heavy atom. The molecule has 4 heteroatoms. The highest BCUT2D eigenvalue weighted by atomic mass is 16.6. The van der Waals surface area contributed by atoms with Crippen molar-refractivity contribution < 1.29 is 14.3 Å². The average Bonchev–Trinajstić information content (AvgIpc) is 2.68. The molecular weight excluding hydrogens is 314 g/mol. The third-order valence-electron chi connectivity index (χ3n) is 4.06. The molecule has 0 fully saturated rings. The highest BCUT2D eigenvalue weighted by Gasteiger charge is 2.16. The molecule has 1 heterocycles. The Balaban J connectivity index is 1.62. The van der Waals surface area contributed by atoms with Crippen molar-refractivity contribution in [3.63, 3.8) is 0 Å². The molecule has 0 saturated carbocycles. The number of amides is 1. The lowest BCUT2D eigenvalue weighted by Crippen LogP contribution is -2.17. The Hall–Kier alpha value is -3.27. The predicted octanol–water partition coefficient (Wildman–Crippen LogP) is 4.38. The van der Waals surface area contributed by atoms with Crippen LogP contribution < -0.4 is 14.8 Å². The summed E-state index contributed by atoms with van der Waals surface area (Å²) in [5.74, 6) is 1.10. The van der Waals surface area contributed by atoms with Crippen LogP contribution in [0.1, 0.15) is 10.4 Å². The molecule has 0 unspecified atom stereocenters. The Morgan fingerprint density at radius 2 is 1.52 bits per heavy atom. The first-order valence-electron chi connectivity index (χ1n) is 8.17. The van der Waals surface area contributed by atoms with Crippen molar-refractivity contribution in [1.82, 2.24) is 0 Å². The summed E-state index contributed by atoms with van der Waals surface area (Å²) in [6.07, 6.45) is 0. The zero-order valence-electron chi connectivity index (χ0n) is 13.6. The number of para-hydroxylation sites is 1.